The number of tetrazole rings is 1. The molecule has 0 radical (unpaired) electrons. The number of hydrogen-bond donors (Lipinski definition) is 4. The number of rotatable bonds is 9. The molecule has 3 aromatic carbocycles. The van der Waals surface area contributed by atoms with Gasteiger partial charge in [-0.25, -0.2) is 9.59 Å². The molecule has 0 spiro atoms. The van der Waals surface area contributed by atoms with Crippen LogP contribution in [-0.4, -0.2) is 127 Å². The summed E-state index contributed by atoms with van der Waals surface area (Å²) in [6, 6.07) is 16.7. The highest BCUT2D eigenvalue weighted by atomic mass is 35.5. The number of nitrogens with zero attached hydrogens (tertiary/aromatic N) is 8. The van der Waals surface area contributed by atoms with Crippen LogP contribution >= 0.6 is 11.6 Å². The molecular weight excluding hydrogens is 706 g/mol. The highest BCUT2D eigenvalue weighted by molar-refractivity contribution is 6.41. The van der Waals surface area contributed by atoms with Crippen LogP contribution in [0.25, 0.3) is 16.6 Å². The number of H-pyrrole nitrogens is 1. The van der Waals surface area contributed by atoms with E-state index in [2.05, 4.69) is 36.0 Å². The van der Waals surface area contributed by atoms with Crippen LogP contribution in [0.2, 0.25) is 5.02 Å². The molecule has 5 amide bonds. The van der Waals surface area contributed by atoms with Crippen LogP contribution < -0.4 is 15.5 Å². The SMILES string of the molecule is CN1CCN(C(=O)Nc2ccc(C[C@@H](C(=O)Nc3ccc4[nH]c(C(=O)O)cc4c3)N3CCN(c4cc(Cl)ccc4-n4cnnn4)C(=O)C3=O)cc2)CC1. The van der Waals surface area contributed by atoms with Crippen LogP contribution in [0.1, 0.15) is 16.1 Å². The smallest absolute Gasteiger partial charge is 0.352 e. The number of hydrogen-bond acceptors (Lipinski definition) is 9. The molecule has 5 aromatic rings. The first-order chi connectivity index (χ1) is 25.5. The van der Waals surface area contributed by atoms with E-state index < -0.39 is 29.7 Å². The number of carboxylic acid groups (broad SMARTS) is 1. The monoisotopic (exact) mass is 739 g/mol. The van der Waals surface area contributed by atoms with Crippen molar-refractivity contribution < 1.29 is 29.1 Å². The Morgan fingerprint density at radius 2 is 1.62 bits per heavy atom. The van der Waals surface area contributed by atoms with Crippen molar-refractivity contribution in [1.29, 1.82) is 0 Å². The standard InChI is InChI=1S/C35H34ClN11O6/c1-43-10-12-44(13-11-43)35(53)39-24-5-2-21(3-6-24)16-30(31(48)38-25-7-8-26-22(17-25)18-27(40-26)34(51)52)46-15-14-45(32(49)33(46)50)29-19-23(36)4-9-28(29)47-20-37-41-42-47/h2-9,17-20,30,40H,10-16H2,1H3,(H,38,48)(H,39,53)(H,51,52)/t30-/m0/s1. The van der Waals surface area contributed by atoms with E-state index in [1.807, 2.05) is 7.05 Å². The van der Waals surface area contributed by atoms with Crippen molar-refractivity contribution in [3.8, 4) is 5.69 Å². The Balaban J connectivity index is 1.13. The number of aromatic carboxylic acids is 1. The number of carboxylic acids is 1. The predicted octanol–water partition coefficient (Wildman–Crippen LogP) is 2.70. The number of urea groups is 1. The van der Waals surface area contributed by atoms with Crippen LogP contribution in [0, 0.1) is 0 Å². The maximum Gasteiger partial charge on any atom is 0.352 e. The van der Waals surface area contributed by atoms with Crippen molar-refractivity contribution in [1.82, 2.24) is 39.9 Å². The number of carbonyl (C=O) groups excluding carboxylic acids is 4. The first kappa shape index (κ1) is 35.1. The second kappa shape index (κ2) is 14.7. The van der Waals surface area contributed by atoms with E-state index in [0.717, 1.165) is 13.1 Å². The predicted molar refractivity (Wildman–Crippen MR) is 194 cm³/mol. The maximum absolute atomic E-state index is 14.1. The van der Waals surface area contributed by atoms with E-state index in [1.165, 1.54) is 26.9 Å². The van der Waals surface area contributed by atoms with Gasteiger partial charge in [-0.3, -0.25) is 14.4 Å². The number of halogens is 1. The zero-order valence-electron chi connectivity index (χ0n) is 28.4. The van der Waals surface area contributed by atoms with Gasteiger partial charge in [0.05, 0.1) is 11.4 Å². The molecule has 53 heavy (non-hydrogen) atoms. The lowest BCUT2D eigenvalue weighted by Crippen LogP contribution is -2.60. The van der Waals surface area contributed by atoms with Crippen molar-refractivity contribution in [2.45, 2.75) is 12.5 Å². The molecular formula is C35H34ClN11O6. The van der Waals surface area contributed by atoms with E-state index >= 15 is 0 Å². The van der Waals surface area contributed by atoms with Gasteiger partial charge in [-0.1, -0.05) is 23.7 Å². The second-order valence-electron chi connectivity index (χ2n) is 12.8. The molecule has 2 aromatic heterocycles. The Kier molecular flexibility index (Phi) is 9.75. The largest absolute Gasteiger partial charge is 0.477 e. The molecule has 4 N–H and O–H groups in total. The molecule has 1 atom stereocenters. The average Bonchev–Trinajstić information content (AvgIpc) is 3.84. The third kappa shape index (κ3) is 7.51. The van der Waals surface area contributed by atoms with Gasteiger partial charge >= 0.3 is 23.8 Å². The molecule has 2 aliphatic rings. The van der Waals surface area contributed by atoms with E-state index in [4.69, 9.17) is 11.6 Å². The van der Waals surface area contributed by atoms with Crippen LogP contribution in [0.3, 0.4) is 0 Å². The Labute approximate surface area is 307 Å². The fraction of sp³-hybridized carbons (Fsp3) is 0.257. The van der Waals surface area contributed by atoms with Crippen molar-refractivity contribution in [2.24, 2.45) is 0 Å². The van der Waals surface area contributed by atoms with E-state index in [-0.39, 0.29) is 31.2 Å². The van der Waals surface area contributed by atoms with Gasteiger partial charge in [-0.05, 0) is 77.6 Å². The number of fused-ring (bicyclic) bond motifs is 1. The number of piperazine rings is 2. The van der Waals surface area contributed by atoms with Gasteiger partial charge in [0, 0.05) is 73.0 Å². The molecule has 272 valence electrons. The minimum absolute atomic E-state index is 0.00218. The van der Waals surface area contributed by atoms with Gasteiger partial charge in [0.25, 0.3) is 0 Å². The van der Waals surface area contributed by atoms with Crippen LogP contribution in [0.4, 0.5) is 21.9 Å². The van der Waals surface area contributed by atoms with E-state index in [0.29, 0.717) is 57.3 Å². The number of amides is 5. The summed E-state index contributed by atoms with van der Waals surface area (Å²) < 4.78 is 1.35. The minimum Gasteiger partial charge on any atom is -0.477 e. The first-order valence-electron chi connectivity index (χ1n) is 16.7. The molecule has 4 heterocycles. The Bertz CT molecular complexity index is 2200. The molecule has 2 saturated heterocycles. The summed E-state index contributed by atoms with van der Waals surface area (Å²) in [5, 5.41) is 27.3. The van der Waals surface area contributed by atoms with Crippen molar-refractivity contribution in [2.75, 3.05) is 61.8 Å². The molecule has 17 nitrogen and oxygen atoms in total. The van der Waals surface area contributed by atoms with Gasteiger partial charge in [0.15, 0.2) is 0 Å². The van der Waals surface area contributed by atoms with E-state index in [9.17, 15) is 29.1 Å². The van der Waals surface area contributed by atoms with Crippen LogP contribution in [-0.2, 0) is 20.8 Å². The summed E-state index contributed by atoms with van der Waals surface area (Å²) in [4.78, 5) is 75.4. The minimum atomic E-state index is -1.13. The van der Waals surface area contributed by atoms with Gasteiger partial charge < -0.3 is 40.3 Å². The molecule has 18 heteroatoms. The molecule has 7 rings (SSSR count). The third-order valence-corrected chi connectivity index (χ3v) is 9.53. The van der Waals surface area contributed by atoms with Gasteiger partial charge in [-0.15, -0.1) is 5.10 Å². The second-order valence-corrected chi connectivity index (χ2v) is 13.2. The van der Waals surface area contributed by atoms with Crippen LogP contribution in [0.5, 0.6) is 0 Å². The molecule has 0 unspecified atom stereocenters. The van der Waals surface area contributed by atoms with Crippen LogP contribution in [0.15, 0.2) is 73.1 Å². The number of likely N-dealkylation sites (N-methyl/N-ethyl adjacent to an activating group) is 1. The van der Waals surface area contributed by atoms with Gasteiger partial charge in [-0.2, -0.15) is 4.68 Å². The lowest BCUT2D eigenvalue weighted by molar-refractivity contribution is -0.149. The average molecular weight is 740 g/mol. The van der Waals surface area contributed by atoms with Gasteiger partial charge in [0.1, 0.15) is 18.1 Å². The lowest BCUT2D eigenvalue weighted by Gasteiger charge is -2.38. The third-order valence-electron chi connectivity index (χ3n) is 9.30. The summed E-state index contributed by atoms with van der Waals surface area (Å²) in [5.74, 6) is -3.45. The summed E-state index contributed by atoms with van der Waals surface area (Å²) in [7, 11) is 2.01. The number of nitrogens with one attached hydrogen (secondary N) is 3. The Morgan fingerprint density at radius 3 is 2.34 bits per heavy atom. The zero-order valence-corrected chi connectivity index (χ0v) is 29.2. The topological polar surface area (TPSA) is 202 Å². The highest BCUT2D eigenvalue weighted by Gasteiger charge is 2.40. The number of aromatic amines is 1. The Hall–Kier alpha value is -6.33. The van der Waals surface area contributed by atoms with Crippen molar-refractivity contribution in [3.63, 3.8) is 0 Å². The summed E-state index contributed by atoms with van der Waals surface area (Å²) in [6.07, 6.45) is 1.40. The zero-order chi connectivity index (χ0) is 37.2. The molecule has 2 fully saturated rings. The normalized spacial score (nSPS) is 15.8. The fourth-order valence-electron chi connectivity index (χ4n) is 6.41. The van der Waals surface area contributed by atoms with Crippen molar-refractivity contribution in [3.05, 3.63) is 89.3 Å². The number of benzene rings is 3. The number of carbonyl (C=O) groups is 5. The van der Waals surface area contributed by atoms with Crippen molar-refractivity contribution >= 4 is 69.3 Å². The molecule has 0 aliphatic carbocycles. The maximum atomic E-state index is 14.1. The molecule has 0 saturated carbocycles. The van der Waals surface area contributed by atoms with E-state index in [1.54, 1.807) is 65.6 Å². The Morgan fingerprint density at radius 1 is 0.868 bits per heavy atom. The number of aromatic nitrogens is 5. The van der Waals surface area contributed by atoms with Gasteiger partial charge in [0.2, 0.25) is 5.91 Å². The summed E-state index contributed by atoms with van der Waals surface area (Å²) >= 11 is 6.30. The lowest BCUT2D eigenvalue weighted by atomic mass is 10.0. The molecule has 2 aliphatic heterocycles. The summed E-state index contributed by atoms with van der Waals surface area (Å²) in [5.41, 5.74) is 2.92. The fourth-order valence-corrected chi connectivity index (χ4v) is 6.58. The summed E-state index contributed by atoms with van der Waals surface area (Å²) in [6.45, 7) is 2.84. The first-order valence-corrected chi connectivity index (χ1v) is 17.1. The quantitative estimate of drug-likeness (QED) is 0.163. The number of anilines is 3. The molecule has 0 bridgehead atoms. The highest BCUT2D eigenvalue weighted by Crippen LogP contribution is 2.30.